The molecular weight excluding hydrogens is 308 g/mol. The van der Waals surface area contributed by atoms with Gasteiger partial charge >= 0.3 is 0 Å². The lowest BCUT2D eigenvalue weighted by molar-refractivity contribution is 0.417. The fraction of sp³-hybridized carbons (Fsp3) is 0.0667. The van der Waals surface area contributed by atoms with E-state index in [1.54, 1.807) is 12.1 Å². The number of anilines is 1. The predicted octanol–water partition coefficient (Wildman–Crippen LogP) is 3.29. The molecule has 0 aromatic heterocycles. The molecule has 2 aromatic carbocycles. The molecule has 0 saturated carbocycles. The fourth-order valence-corrected chi connectivity index (χ4v) is 1.85. The van der Waals surface area contributed by atoms with E-state index < -0.39 is 11.6 Å². The summed E-state index contributed by atoms with van der Waals surface area (Å²) in [4.78, 5) is 0. The zero-order valence-electron chi connectivity index (χ0n) is 11.6. The first kappa shape index (κ1) is 15.8. The van der Waals surface area contributed by atoms with E-state index in [2.05, 4.69) is 15.8 Å². The van der Waals surface area contributed by atoms with Crippen LogP contribution in [-0.4, -0.2) is 18.4 Å². The number of thiocarbonyl (C=S) groups is 1. The van der Waals surface area contributed by atoms with Gasteiger partial charge in [0, 0.05) is 0 Å². The van der Waals surface area contributed by atoms with Gasteiger partial charge in [-0.1, -0.05) is 18.2 Å². The van der Waals surface area contributed by atoms with E-state index in [9.17, 15) is 8.78 Å². The number of hydrogen-bond acceptors (Lipinski definition) is 3. The van der Waals surface area contributed by atoms with Crippen LogP contribution >= 0.6 is 12.2 Å². The van der Waals surface area contributed by atoms with Crippen LogP contribution in [0.3, 0.4) is 0 Å². The van der Waals surface area contributed by atoms with Crippen molar-refractivity contribution < 1.29 is 13.5 Å². The van der Waals surface area contributed by atoms with Crippen molar-refractivity contribution in [2.45, 2.75) is 0 Å². The lowest BCUT2D eigenvalue weighted by Crippen LogP contribution is -2.24. The summed E-state index contributed by atoms with van der Waals surface area (Å²) >= 11 is 5.05. The Morgan fingerprint density at radius 1 is 1.14 bits per heavy atom. The van der Waals surface area contributed by atoms with Crippen molar-refractivity contribution >= 4 is 29.2 Å². The lowest BCUT2D eigenvalue weighted by Gasteiger charge is -2.10. The van der Waals surface area contributed by atoms with Crippen molar-refractivity contribution in [2.75, 3.05) is 12.4 Å². The quantitative estimate of drug-likeness (QED) is 0.515. The zero-order valence-corrected chi connectivity index (χ0v) is 12.5. The van der Waals surface area contributed by atoms with Crippen LogP contribution in [0.5, 0.6) is 5.75 Å². The molecule has 0 bridgehead atoms. The highest BCUT2D eigenvalue weighted by Crippen LogP contribution is 2.22. The van der Waals surface area contributed by atoms with Crippen LogP contribution < -0.4 is 15.5 Å². The number of ether oxygens (including phenoxy) is 1. The largest absolute Gasteiger partial charge is 0.495 e. The van der Waals surface area contributed by atoms with Gasteiger partial charge in [-0.25, -0.2) is 8.78 Å². The van der Waals surface area contributed by atoms with Crippen molar-refractivity contribution in [3.05, 3.63) is 59.7 Å². The maximum atomic E-state index is 13.4. The summed E-state index contributed by atoms with van der Waals surface area (Å²) in [5, 5.41) is 6.75. The molecule has 0 aliphatic carbocycles. The molecule has 7 heteroatoms. The number of hydrogen-bond donors (Lipinski definition) is 2. The molecule has 0 atom stereocenters. The Hall–Kier alpha value is -2.54. The van der Waals surface area contributed by atoms with Crippen LogP contribution in [0.15, 0.2) is 47.6 Å². The highest BCUT2D eigenvalue weighted by Gasteiger charge is 2.06. The van der Waals surface area contributed by atoms with Crippen LogP contribution in [0.2, 0.25) is 0 Å². The minimum absolute atomic E-state index is 0.164. The highest BCUT2D eigenvalue weighted by molar-refractivity contribution is 7.80. The van der Waals surface area contributed by atoms with Crippen molar-refractivity contribution in [1.82, 2.24) is 5.43 Å². The van der Waals surface area contributed by atoms with E-state index in [-0.39, 0.29) is 10.7 Å². The molecule has 0 heterocycles. The van der Waals surface area contributed by atoms with Crippen LogP contribution in [0, 0.1) is 11.6 Å². The molecule has 0 spiro atoms. The van der Waals surface area contributed by atoms with E-state index in [0.29, 0.717) is 11.4 Å². The van der Waals surface area contributed by atoms with Crippen molar-refractivity contribution in [1.29, 1.82) is 0 Å². The highest BCUT2D eigenvalue weighted by atomic mass is 32.1. The summed E-state index contributed by atoms with van der Waals surface area (Å²) in [5.41, 5.74) is 2.89. The molecule has 0 amide bonds. The van der Waals surface area contributed by atoms with Gasteiger partial charge in [0.15, 0.2) is 5.11 Å². The van der Waals surface area contributed by atoms with Crippen LogP contribution in [0.1, 0.15) is 5.56 Å². The number of hydrazone groups is 1. The summed E-state index contributed by atoms with van der Waals surface area (Å²) in [5.74, 6) is -0.793. The molecule has 0 unspecified atom stereocenters. The molecule has 4 nitrogen and oxygen atoms in total. The zero-order chi connectivity index (χ0) is 15.9. The van der Waals surface area contributed by atoms with Crippen LogP contribution in [0.25, 0.3) is 0 Å². The van der Waals surface area contributed by atoms with Gasteiger partial charge in [0.05, 0.1) is 24.6 Å². The number of benzene rings is 2. The number of nitrogens with one attached hydrogen (secondary N) is 2. The van der Waals surface area contributed by atoms with Gasteiger partial charge in [-0.15, -0.1) is 0 Å². The first-order valence-corrected chi connectivity index (χ1v) is 6.69. The van der Waals surface area contributed by atoms with Gasteiger partial charge in [-0.3, -0.25) is 5.43 Å². The standard InChI is InChI=1S/C15H13F2N3OS/c1-21-14-8-3-2-7-13(14)19-15(22)20-18-9-10-11(16)5-4-6-12(10)17/h2-9H,1H3,(H2,19,20,22). The molecule has 2 N–H and O–H groups in total. The third-order valence-electron chi connectivity index (χ3n) is 2.71. The van der Waals surface area contributed by atoms with E-state index >= 15 is 0 Å². The van der Waals surface area contributed by atoms with Gasteiger partial charge in [0.2, 0.25) is 0 Å². The third-order valence-corrected chi connectivity index (χ3v) is 2.91. The van der Waals surface area contributed by atoms with Gasteiger partial charge in [0.1, 0.15) is 17.4 Å². The Kier molecular flexibility index (Phi) is 5.37. The van der Waals surface area contributed by atoms with Crippen molar-refractivity contribution in [3.63, 3.8) is 0 Å². The van der Waals surface area contributed by atoms with Crippen LogP contribution in [-0.2, 0) is 0 Å². The second kappa shape index (κ2) is 7.46. The van der Waals surface area contributed by atoms with E-state index in [1.165, 1.54) is 13.2 Å². The average Bonchev–Trinajstić information content (AvgIpc) is 2.51. The summed E-state index contributed by atoms with van der Waals surface area (Å²) in [6.45, 7) is 0. The molecular formula is C15H13F2N3OS. The summed E-state index contributed by atoms with van der Waals surface area (Å²) in [7, 11) is 1.54. The van der Waals surface area contributed by atoms with Crippen LogP contribution in [0.4, 0.5) is 14.5 Å². The molecule has 0 aliphatic heterocycles. The van der Waals surface area contributed by atoms with Crippen molar-refractivity contribution in [2.24, 2.45) is 5.10 Å². The fourth-order valence-electron chi connectivity index (χ4n) is 1.69. The first-order valence-electron chi connectivity index (χ1n) is 6.29. The number of nitrogens with zero attached hydrogens (tertiary/aromatic N) is 1. The number of halogens is 2. The number of para-hydroxylation sites is 2. The smallest absolute Gasteiger partial charge is 0.191 e. The summed E-state index contributed by atoms with van der Waals surface area (Å²) in [6, 6.07) is 10.7. The Balaban J connectivity index is 2.00. The van der Waals surface area contributed by atoms with Crippen molar-refractivity contribution in [3.8, 4) is 5.75 Å². The first-order chi connectivity index (χ1) is 10.6. The number of methoxy groups -OCH3 is 1. The third kappa shape index (κ3) is 3.98. The monoisotopic (exact) mass is 321 g/mol. The molecule has 114 valence electrons. The van der Waals surface area contributed by atoms with Gasteiger partial charge in [-0.2, -0.15) is 5.10 Å². The maximum Gasteiger partial charge on any atom is 0.191 e. The minimum Gasteiger partial charge on any atom is -0.495 e. The molecule has 0 fully saturated rings. The minimum atomic E-state index is -0.700. The predicted molar refractivity (Wildman–Crippen MR) is 86.3 cm³/mol. The summed E-state index contributed by atoms with van der Waals surface area (Å²) in [6.07, 6.45) is 1.03. The normalized spacial score (nSPS) is 10.5. The van der Waals surface area contributed by atoms with E-state index in [1.807, 2.05) is 12.1 Å². The van der Waals surface area contributed by atoms with E-state index in [4.69, 9.17) is 17.0 Å². The number of rotatable bonds is 4. The SMILES string of the molecule is COc1ccccc1NC(=S)NN=Cc1c(F)cccc1F. The van der Waals surface area contributed by atoms with Gasteiger partial charge in [-0.05, 0) is 36.5 Å². The molecule has 0 radical (unpaired) electrons. The molecule has 22 heavy (non-hydrogen) atoms. The van der Waals surface area contributed by atoms with E-state index in [0.717, 1.165) is 18.3 Å². The Bertz CT molecular complexity index is 687. The second-order valence-electron chi connectivity index (χ2n) is 4.16. The molecule has 0 aliphatic rings. The van der Waals surface area contributed by atoms with Gasteiger partial charge < -0.3 is 10.1 Å². The second-order valence-corrected chi connectivity index (χ2v) is 4.57. The Labute approximate surface area is 131 Å². The lowest BCUT2D eigenvalue weighted by atomic mass is 10.2. The molecule has 2 aromatic rings. The average molecular weight is 321 g/mol. The maximum absolute atomic E-state index is 13.4. The topological polar surface area (TPSA) is 45.6 Å². The Morgan fingerprint density at radius 2 is 1.82 bits per heavy atom. The summed E-state index contributed by atoms with van der Waals surface area (Å²) < 4.78 is 32.0. The Morgan fingerprint density at radius 3 is 2.50 bits per heavy atom. The molecule has 0 saturated heterocycles. The molecule has 2 rings (SSSR count). The van der Waals surface area contributed by atoms with Gasteiger partial charge in [0.25, 0.3) is 0 Å².